The Kier molecular flexibility index (Phi) is 5.65. The molecule has 1 heterocycles. The Morgan fingerprint density at radius 2 is 1.90 bits per heavy atom. The zero-order valence-corrected chi connectivity index (χ0v) is 16.0. The van der Waals surface area contributed by atoms with E-state index in [1.807, 2.05) is 30.3 Å². The zero-order chi connectivity index (χ0) is 20.9. The molecule has 30 heavy (non-hydrogen) atoms. The number of urea groups is 1. The second kappa shape index (κ2) is 8.69. The molecule has 3 aromatic rings. The summed E-state index contributed by atoms with van der Waals surface area (Å²) in [5.41, 5.74) is 6.36. The van der Waals surface area contributed by atoms with Crippen LogP contribution in [0.4, 0.5) is 9.18 Å². The number of fused-ring (bicyclic) bond motifs is 1. The van der Waals surface area contributed by atoms with Crippen LogP contribution < -0.4 is 20.9 Å². The number of carbonyl (C=O) groups excluding carboxylic acids is 2. The third-order valence-corrected chi connectivity index (χ3v) is 4.79. The van der Waals surface area contributed by atoms with Crippen LogP contribution in [-0.4, -0.2) is 11.9 Å². The minimum atomic E-state index is -0.593. The van der Waals surface area contributed by atoms with E-state index in [1.54, 1.807) is 12.1 Å². The molecular formula is C22H20FN3O4. The van der Waals surface area contributed by atoms with E-state index in [0.29, 0.717) is 24.4 Å². The Morgan fingerprint density at radius 1 is 1.07 bits per heavy atom. The number of nitrogens with one attached hydrogen (secondary N) is 3. The average Bonchev–Trinajstić information content (AvgIpc) is 3.38. The summed E-state index contributed by atoms with van der Waals surface area (Å²) >= 11 is 0. The van der Waals surface area contributed by atoms with Gasteiger partial charge in [-0.1, -0.05) is 24.3 Å². The third kappa shape index (κ3) is 4.60. The lowest BCUT2D eigenvalue weighted by molar-refractivity contribution is 0.0904. The molecule has 1 unspecified atom stereocenters. The van der Waals surface area contributed by atoms with Crippen LogP contribution in [-0.2, 0) is 13.0 Å². The van der Waals surface area contributed by atoms with Crippen molar-refractivity contribution in [2.45, 2.75) is 25.5 Å². The van der Waals surface area contributed by atoms with Crippen LogP contribution in [0.5, 0.6) is 5.75 Å². The van der Waals surface area contributed by atoms with Crippen molar-refractivity contribution in [3.05, 3.63) is 89.1 Å². The van der Waals surface area contributed by atoms with Crippen LogP contribution in [0.3, 0.4) is 0 Å². The molecule has 0 saturated carbocycles. The summed E-state index contributed by atoms with van der Waals surface area (Å²) < 4.78 is 24.3. The van der Waals surface area contributed by atoms with E-state index in [-0.39, 0.29) is 24.2 Å². The molecule has 0 aliphatic heterocycles. The van der Waals surface area contributed by atoms with Crippen molar-refractivity contribution in [2.75, 3.05) is 0 Å². The van der Waals surface area contributed by atoms with Crippen LogP contribution in [0.2, 0.25) is 0 Å². The summed E-state index contributed by atoms with van der Waals surface area (Å²) in [6.45, 7) is 0.174. The van der Waals surface area contributed by atoms with Gasteiger partial charge in [-0.25, -0.2) is 14.6 Å². The van der Waals surface area contributed by atoms with Gasteiger partial charge in [0.25, 0.3) is 0 Å². The molecule has 4 rings (SSSR count). The van der Waals surface area contributed by atoms with Crippen LogP contribution in [0.25, 0.3) is 0 Å². The molecular weight excluding hydrogens is 389 g/mol. The maximum Gasteiger partial charge on any atom is 0.333 e. The Hall–Kier alpha value is -3.81. The molecule has 8 heteroatoms. The van der Waals surface area contributed by atoms with Crippen molar-refractivity contribution in [1.82, 2.24) is 16.2 Å². The molecule has 7 nitrogen and oxygen atoms in total. The van der Waals surface area contributed by atoms with Crippen LogP contribution in [0, 0.1) is 5.82 Å². The Balaban J connectivity index is 1.25. The summed E-state index contributed by atoms with van der Waals surface area (Å²) in [4.78, 5) is 24.3. The van der Waals surface area contributed by atoms with Gasteiger partial charge in [-0.05, 0) is 60.4 Å². The van der Waals surface area contributed by atoms with Crippen molar-refractivity contribution < 1.29 is 23.1 Å². The molecule has 0 fully saturated rings. The van der Waals surface area contributed by atoms with Gasteiger partial charge in [-0.15, -0.1) is 0 Å². The number of hydrogen-bond acceptors (Lipinski definition) is 4. The number of aryl methyl sites for hydroxylation is 1. The summed E-state index contributed by atoms with van der Waals surface area (Å²) in [6, 6.07) is 16.1. The number of benzene rings is 2. The van der Waals surface area contributed by atoms with Crippen LogP contribution >= 0.6 is 0 Å². The lowest BCUT2D eigenvalue weighted by atomic mass is 10.1. The number of ether oxygens (including phenoxy) is 1. The molecule has 1 atom stereocenters. The molecule has 1 aromatic heterocycles. The first kappa shape index (κ1) is 19.5. The van der Waals surface area contributed by atoms with E-state index >= 15 is 0 Å². The standard InChI is InChI=1S/C22H20FN3O4/c23-15-7-9-18-14(12-15)6-10-19(18)24-22(28)26-25-21(27)20-11-8-17(30-20)13-29-16-4-2-1-3-5-16/h1-5,7-9,11-12,19H,6,10,13H2,(H,25,27)(H2,24,26,28). The number of hydrogen-bond donors (Lipinski definition) is 3. The fourth-order valence-electron chi connectivity index (χ4n) is 3.35. The molecule has 0 spiro atoms. The SMILES string of the molecule is O=C(NNC(=O)c1ccc(COc2ccccc2)o1)NC1CCc2cc(F)ccc21. The van der Waals surface area contributed by atoms with Crippen LogP contribution in [0.1, 0.15) is 39.9 Å². The average molecular weight is 409 g/mol. The minimum absolute atomic E-state index is 0.0450. The van der Waals surface area contributed by atoms with Crippen molar-refractivity contribution in [3.8, 4) is 5.75 Å². The van der Waals surface area contributed by atoms with E-state index in [1.165, 1.54) is 18.2 Å². The predicted octanol–water partition coefficient (Wildman–Crippen LogP) is 3.63. The van der Waals surface area contributed by atoms with Gasteiger partial charge < -0.3 is 14.5 Å². The summed E-state index contributed by atoms with van der Waals surface area (Å²) in [5, 5.41) is 2.77. The van der Waals surface area contributed by atoms with Crippen molar-refractivity contribution >= 4 is 11.9 Å². The number of amides is 3. The number of para-hydroxylation sites is 1. The second-order valence-corrected chi connectivity index (χ2v) is 6.85. The summed E-state index contributed by atoms with van der Waals surface area (Å²) in [7, 11) is 0. The van der Waals surface area contributed by atoms with Gasteiger partial charge in [0, 0.05) is 0 Å². The Labute approximate surface area is 172 Å². The van der Waals surface area contributed by atoms with E-state index in [4.69, 9.17) is 9.15 Å². The fraction of sp³-hybridized carbons (Fsp3) is 0.182. The van der Waals surface area contributed by atoms with Gasteiger partial charge in [0.2, 0.25) is 0 Å². The zero-order valence-electron chi connectivity index (χ0n) is 16.0. The maximum atomic E-state index is 13.3. The highest BCUT2D eigenvalue weighted by Crippen LogP contribution is 2.31. The highest BCUT2D eigenvalue weighted by Gasteiger charge is 2.24. The lowest BCUT2D eigenvalue weighted by Crippen LogP contribution is -2.47. The second-order valence-electron chi connectivity index (χ2n) is 6.85. The highest BCUT2D eigenvalue weighted by atomic mass is 19.1. The monoisotopic (exact) mass is 409 g/mol. The summed E-state index contributed by atoms with van der Waals surface area (Å²) in [5.74, 6) is 0.324. The van der Waals surface area contributed by atoms with Crippen molar-refractivity contribution in [2.24, 2.45) is 0 Å². The highest BCUT2D eigenvalue weighted by molar-refractivity contribution is 5.92. The first-order valence-electron chi connectivity index (χ1n) is 9.50. The van der Waals surface area contributed by atoms with E-state index < -0.39 is 11.9 Å². The van der Waals surface area contributed by atoms with Crippen LogP contribution in [0.15, 0.2) is 65.1 Å². The van der Waals surface area contributed by atoms with Gasteiger partial charge in [0.15, 0.2) is 5.76 Å². The van der Waals surface area contributed by atoms with Gasteiger partial charge in [-0.2, -0.15) is 0 Å². The summed E-state index contributed by atoms with van der Waals surface area (Å²) in [6.07, 6.45) is 1.35. The number of rotatable bonds is 5. The molecule has 0 radical (unpaired) electrons. The van der Waals surface area contributed by atoms with Crippen molar-refractivity contribution in [3.63, 3.8) is 0 Å². The minimum Gasteiger partial charge on any atom is -0.486 e. The van der Waals surface area contributed by atoms with Gasteiger partial charge in [0.1, 0.15) is 23.9 Å². The number of halogens is 1. The topological polar surface area (TPSA) is 92.6 Å². The van der Waals surface area contributed by atoms with Crippen molar-refractivity contribution in [1.29, 1.82) is 0 Å². The predicted molar refractivity (Wildman–Crippen MR) is 106 cm³/mol. The third-order valence-electron chi connectivity index (χ3n) is 4.79. The molecule has 3 N–H and O–H groups in total. The van der Waals surface area contributed by atoms with Gasteiger partial charge >= 0.3 is 11.9 Å². The number of hydrazine groups is 1. The Bertz CT molecular complexity index is 1050. The normalized spacial score (nSPS) is 14.6. The fourth-order valence-corrected chi connectivity index (χ4v) is 3.35. The van der Waals surface area contributed by atoms with E-state index in [2.05, 4.69) is 16.2 Å². The molecule has 0 bridgehead atoms. The molecule has 1 aliphatic carbocycles. The number of furan rings is 1. The maximum absolute atomic E-state index is 13.3. The molecule has 2 aromatic carbocycles. The lowest BCUT2D eigenvalue weighted by Gasteiger charge is -2.15. The molecule has 154 valence electrons. The van der Waals surface area contributed by atoms with Gasteiger partial charge in [0.05, 0.1) is 6.04 Å². The smallest absolute Gasteiger partial charge is 0.333 e. The quantitative estimate of drug-likeness (QED) is 0.561. The largest absolute Gasteiger partial charge is 0.486 e. The first-order valence-corrected chi connectivity index (χ1v) is 9.50. The molecule has 0 saturated heterocycles. The first-order chi connectivity index (χ1) is 14.6. The Morgan fingerprint density at radius 3 is 2.73 bits per heavy atom. The molecule has 3 amide bonds. The molecule has 1 aliphatic rings. The van der Waals surface area contributed by atoms with E-state index in [9.17, 15) is 14.0 Å². The van der Waals surface area contributed by atoms with E-state index in [0.717, 1.165) is 11.1 Å². The number of carbonyl (C=O) groups is 2. The van der Waals surface area contributed by atoms with Gasteiger partial charge in [-0.3, -0.25) is 10.2 Å².